The summed E-state index contributed by atoms with van der Waals surface area (Å²) in [4.78, 5) is 17.8. The van der Waals surface area contributed by atoms with Crippen LogP contribution in [-0.2, 0) is 14.6 Å². The van der Waals surface area contributed by atoms with Crippen molar-refractivity contribution >= 4 is 15.7 Å². The first-order valence-corrected chi connectivity index (χ1v) is 10.3. The largest absolute Gasteiger partial charge is 0.475 e. The van der Waals surface area contributed by atoms with Crippen LogP contribution in [-0.4, -0.2) is 54.4 Å². The molecule has 2 aliphatic heterocycles. The van der Waals surface area contributed by atoms with Crippen LogP contribution < -0.4 is 4.74 Å². The average molecular weight is 368 g/mol. The Morgan fingerprint density at radius 3 is 2.76 bits per heavy atom. The molecule has 1 spiro atoms. The van der Waals surface area contributed by atoms with Gasteiger partial charge in [0.25, 0.3) is 0 Å². The van der Waals surface area contributed by atoms with Gasteiger partial charge < -0.3 is 9.64 Å². The van der Waals surface area contributed by atoms with Crippen LogP contribution in [0.4, 0.5) is 4.39 Å². The third-order valence-electron chi connectivity index (χ3n) is 5.93. The summed E-state index contributed by atoms with van der Waals surface area (Å²) in [6, 6.07) is 2.73. The van der Waals surface area contributed by atoms with E-state index in [1.165, 1.54) is 18.3 Å². The summed E-state index contributed by atoms with van der Waals surface area (Å²) >= 11 is 0. The molecule has 3 fully saturated rings. The normalized spacial score (nSPS) is 26.9. The number of ether oxygens (including phenoxy) is 1. The fourth-order valence-electron chi connectivity index (χ4n) is 4.03. The number of likely N-dealkylation sites (tertiary alicyclic amines) is 1. The standard InChI is InChI=1S/C17H21FN2O4S/c18-14-5-2-7-19-15(14)24-9-13-6-8-25(22,23)17(13)10-20(11-17)16(21)12-3-1-4-12/h2,5,7,12-13H,1,3-4,6,8-11H2/t13-/m0/s1. The molecule has 1 amide bonds. The lowest BCUT2D eigenvalue weighted by Gasteiger charge is -2.51. The number of hydrogen-bond acceptors (Lipinski definition) is 5. The van der Waals surface area contributed by atoms with Gasteiger partial charge in [-0.3, -0.25) is 4.79 Å². The van der Waals surface area contributed by atoms with Crippen molar-refractivity contribution in [3.8, 4) is 5.88 Å². The molecule has 8 heteroatoms. The second kappa shape index (κ2) is 5.93. The molecule has 0 aromatic carbocycles. The van der Waals surface area contributed by atoms with Gasteiger partial charge in [0.15, 0.2) is 15.7 Å². The summed E-state index contributed by atoms with van der Waals surface area (Å²) in [6.07, 6.45) is 4.78. The summed E-state index contributed by atoms with van der Waals surface area (Å²) < 4.78 is 43.4. The fraction of sp³-hybridized carbons (Fsp3) is 0.647. The molecule has 1 aromatic rings. The van der Waals surface area contributed by atoms with Crippen molar-refractivity contribution in [2.75, 3.05) is 25.4 Å². The summed E-state index contributed by atoms with van der Waals surface area (Å²) in [5.74, 6) is -0.675. The number of hydrogen-bond donors (Lipinski definition) is 0. The Bertz CT molecular complexity index is 788. The maximum absolute atomic E-state index is 13.6. The van der Waals surface area contributed by atoms with Crippen molar-refractivity contribution in [1.82, 2.24) is 9.88 Å². The first kappa shape index (κ1) is 16.8. The van der Waals surface area contributed by atoms with Crippen LogP contribution in [0.15, 0.2) is 18.3 Å². The van der Waals surface area contributed by atoms with Crippen LogP contribution in [0, 0.1) is 17.7 Å². The molecule has 1 saturated carbocycles. The Kier molecular flexibility index (Phi) is 3.97. The van der Waals surface area contributed by atoms with Gasteiger partial charge in [-0.2, -0.15) is 0 Å². The Morgan fingerprint density at radius 1 is 1.36 bits per heavy atom. The third kappa shape index (κ3) is 2.61. The van der Waals surface area contributed by atoms with Gasteiger partial charge in [0.1, 0.15) is 4.75 Å². The minimum Gasteiger partial charge on any atom is -0.475 e. The minimum absolute atomic E-state index is 0.0683. The van der Waals surface area contributed by atoms with Gasteiger partial charge in [-0.1, -0.05) is 6.42 Å². The lowest BCUT2D eigenvalue weighted by molar-refractivity contribution is -0.144. The first-order valence-electron chi connectivity index (χ1n) is 8.67. The molecule has 1 atom stereocenters. The topological polar surface area (TPSA) is 76.6 Å². The molecule has 3 heterocycles. The highest BCUT2D eigenvalue weighted by Gasteiger charge is 2.63. The number of carbonyl (C=O) groups excluding carboxylic acids is 1. The fourth-order valence-corrected chi connectivity index (χ4v) is 6.43. The van der Waals surface area contributed by atoms with E-state index in [0.29, 0.717) is 6.42 Å². The quantitative estimate of drug-likeness (QED) is 0.803. The number of halogens is 1. The first-order chi connectivity index (χ1) is 11.9. The number of pyridine rings is 1. The van der Waals surface area contributed by atoms with Gasteiger partial charge in [0, 0.05) is 31.1 Å². The zero-order chi connectivity index (χ0) is 17.7. The molecule has 0 radical (unpaired) electrons. The molecule has 2 saturated heterocycles. The highest BCUT2D eigenvalue weighted by Crippen LogP contribution is 2.46. The van der Waals surface area contributed by atoms with Crippen molar-refractivity contribution < 1.29 is 22.3 Å². The SMILES string of the molecule is O=C(C1CCC1)N1CC2(C1)[C@H](COc1ncccc1F)CCS2(=O)=O. The molecule has 1 aliphatic carbocycles. The van der Waals surface area contributed by atoms with Crippen molar-refractivity contribution in [2.45, 2.75) is 30.4 Å². The number of aromatic nitrogens is 1. The van der Waals surface area contributed by atoms with Gasteiger partial charge in [0.2, 0.25) is 11.8 Å². The van der Waals surface area contributed by atoms with Crippen LogP contribution in [0.1, 0.15) is 25.7 Å². The van der Waals surface area contributed by atoms with E-state index in [1.807, 2.05) is 0 Å². The molecular formula is C17H21FN2O4S. The van der Waals surface area contributed by atoms with E-state index in [1.54, 1.807) is 4.90 Å². The molecule has 0 N–H and O–H groups in total. The predicted molar refractivity (Wildman–Crippen MR) is 88.2 cm³/mol. The highest BCUT2D eigenvalue weighted by molar-refractivity contribution is 7.93. The lowest BCUT2D eigenvalue weighted by Crippen LogP contribution is -2.69. The molecule has 6 nitrogen and oxygen atoms in total. The molecule has 136 valence electrons. The van der Waals surface area contributed by atoms with Gasteiger partial charge in [-0.15, -0.1) is 0 Å². The Balaban J connectivity index is 1.45. The number of amides is 1. The molecule has 0 bridgehead atoms. The minimum atomic E-state index is -3.28. The molecule has 0 unspecified atom stereocenters. The van der Waals surface area contributed by atoms with Crippen LogP contribution in [0.5, 0.6) is 5.88 Å². The van der Waals surface area contributed by atoms with Crippen molar-refractivity contribution in [3.05, 3.63) is 24.1 Å². The average Bonchev–Trinajstić information content (AvgIpc) is 2.74. The Labute approximate surface area is 146 Å². The van der Waals surface area contributed by atoms with E-state index in [0.717, 1.165) is 19.3 Å². The number of rotatable bonds is 4. The third-order valence-corrected chi connectivity index (χ3v) is 8.53. The second-order valence-electron chi connectivity index (χ2n) is 7.29. The van der Waals surface area contributed by atoms with E-state index in [-0.39, 0.29) is 49.1 Å². The maximum Gasteiger partial charge on any atom is 0.250 e. The number of nitrogens with zero attached hydrogens (tertiary/aromatic N) is 2. The van der Waals surface area contributed by atoms with Gasteiger partial charge in [0.05, 0.1) is 12.4 Å². The van der Waals surface area contributed by atoms with Crippen molar-refractivity contribution in [2.24, 2.45) is 11.8 Å². The summed E-state index contributed by atoms with van der Waals surface area (Å²) in [5.41, 5.74) is 0. The van der Waals surface area contributed by atoms with Gasteiger partial charge in [-0.05, 0) is 31.4 Å². The van der Waals surface area contributed by atoms with Gasteiger partial charge in [-0.25, -0.2) is 17.8 Å². The molecule has 4 rings (SSSR count). The van der Waals surface area contributed by atoms with Crippen molar-refractivity contribution in [1.29, 1.82) is 0 Å². The summed E-state index contributed by atoms with van der Waals surface area (Å²) in [5, 5.41) is 0. The maximum atomic E-state index is 13.6. The zero-order valence-electron chi connectivity index (χ0n) is 13.9. The highest BCUT2D eigenvalue weighted by atomic mass is 32.2. The smallest absolute Gasteiger partial charge is 0.250 e. The Hall–Kier alpha value is -1.70. The predicted octanol–water partition coefficient (Wildman–Crippen LogP) is 1.42. The molecular weight excluding hydrogens is 347 g/mol. The van der Waals surface area contributed by atoms with Crippen LogP contribution >= 0.6 is 0 Å². The second-order valence-corrected chi connectivity index (χ2v) is 9.74. The molecule has 1 aromatic heterocycles. The lowest BCUT2D eigenvalue weighted by atomic mass is 9.79. The van der Waals surface area contributed by atoms with E-state index in [2.05, 4.69) is 4.98 Å². The summed E-state index contributed by atoms with van der Waals surface area (Å²) in [7, 11) is -3.28. The van der Waals surface area contributed by atoms with E-state index >= 15 is 0 Å². The molecule has 3 aliphatic rings. The zero-order valence-corrected chi connectivity index (χ0v) is 14.7. The monoisotopic (exact) mass is 368 g/mol. The van der Waals surface area contributed by atoms with E-state index in [4.69, 9.17) is 4.74 Å². The van der Waals surface area contributed by atoms with E-state index < -0.39 is 20.4 Å². The summed E-state index contributed by atoms with van der Waals surface area (Å²) in [6.45, 7) is 0.575. The van der Waals surface area contributed by atoms with Crippen LogP contribution in [0.3, 0.4) is 0 Å². The van der Waals surface area contributed by atoms with Crippen LogP contribution in [0.25, 0.3) is 0 Å². The number of carbonyl (C=O) groups is 1. The van der Waals surface area contributed by atoms with Crippen molar-refractivity contribution in [3.63, 3.8) is 0 Å². The number of sulfone groups is 1. The Morgan fingerprint density at radius 2 is 2.12 bits per heavy atom. The van der Waals surface area contributed by atoms with E-state index in [9.17, 15) is 17.6 Å². The molecule has 25 heavy (non-hydrogen) atoms. The van der Waals surface area contributed by atoms with Crippen LogP contribution in [0.2, 0.25) is 0 Å². The van der Waals surface area contributed by atoms with Gasteiger partial charge >= 0.3 is 0 Å².